The number of fused-ring (bicyclic) bond motifs is 2. The number of carbonyl (C=O) groups excluding carboxylic acids is 1. The van der Waals surface area contributed by atoms with Crippen molar-refractivity contribution in [2.24, 2.45) is 5.92 Å². The molecule has 2 aliphatic rings. The van der Waals surface area contributed by atoms with E-state index in [4.69, 9.17) is 23.7 Å². The second-order valence-corrected chi connectivity index (χ2v) is 8.29. The Balaban J connectivity index is 0. The minimum absolute atomic E-state index is 0.0609. The number of benzene rings is 2. The summed E-state index contributed by atoms with van der Waals surface area (Å²) in [4.78, 5) is 12.9. The minimum Gasteiger partial charge on any atom is -0.496 e. The summed E-state index contributed by atoms with van der Waals surface area (Å²) in [6, 6.07) is 7.80. The summed E-state index contributed by atoms with van der Waals surface area (Å²) in [7, 11) is 1.64. The van der Waals surface area contributed by atoms with E-state index < -0.39 is 11.5 Å². The molecule has 2 aromatic rings. The van der Waals surface area contributed by atoms with Crippen molar-refractivity contribution in [3.05, 3.63) is 41.0 Å². The van der Waals surface area contributed by atoms with Crippen LogP contribution in [0, 0.1) is 12.8 Å². The molecule has 2 unspecified atom stereocenters. The molecular weight excluding hydrogens is 504 g/mol. The quantitative estimate of drug-likeness (QED) is 0.361. The highest BCUT2D eigenvalue weighted by Crippen LogP contribution is 2.53. The van der Waals surface area contributed by atoms with Gasteiger partial charge in [-0.25, -0.2) is 0 Å². The number of Topliss-reactive ketones (excluding diaryl/α,β-unsaturated/α-hetero) is 1. The Morgan fingerprint density at radius 2 is 1.35 bits per heavy atom. The van der Waals surface area contributed by atoms with E-state index in [1.165, 1.54) is 0 Å². The van der Waals surface area contributed by atoms with Gasteiger partial charge in [-0.2, -0.15) is 0 Å². The first-order valence-electron chi connectivity index (χ1n) is 15.2. The molecule has 0 amide bonds. The predicted molar refractivity (Wildman–Crippen MR) is 169 cm³/mol. The van der Waals surface area contributed by atoms with Crippen molar-refractivity contribution in [1.82, 2.24) is 0 Å². The summed E-state index contributed by atoms with van der Waals surface area (Å²) < 4.78 is 29.0. The summed E-state index contributed by atoms with van der Waals surface area (Å²) in [6.07, 6.45) is 0. The molecule has 2 aromatic carbocycles. The van der Waals surface area contributed by atoms with Gasteiger partial charge in [-0.15, -0.1) is 0 Å². The van der Waals surface area contributed by atoms with Crippen LogP contribution in [-0.2, 0) is 4.79 Å². The monoisotopic (exact) mass is 562 g/mol. The van der Waals surface area contributed by atoms with Gasteiger partial charge in [0.05, 0.1) is 19.6 Å². The highest BCUT2D eigenvalue weighted by molar-refractivity contribution is 5.82. The van der Waals surface area contributed by atoms with E-state index in [0.717, 1.165) is 28.2 Å². The van der Waals surface area contributed by atoms with Gasteiger partial charge >= 0.3 is 0 Å². The first kappa shape index (κ1) is 39.3. The summed E-state index contributed by atoms with van der Waals surface area (Å²) in [5, 5.41) is 0. The van der Waals surface area contributed by atoms with Crippen molar-refractivity contribution in [3.63, 3.8) is 0 Å². The zero-order valence-electron chi connectivity index (χ0n) is 28.3. The molecule has 0 aromatic heterocycles. The molecule has 6 heteroatoms. The molecule has 0 fully saturated rings. The third-order valence-corrected chi connectivity index (χ3v) is 5.95. The fraction of sp³-hybridized carbons (Fsp3) is 0.618. The van der Waals surface area contributed by atoms with Crippen LogP contribution in [0.25, 0.3) is 0 Å². The maximum Gasteiger partial charge on any atom is 0.231 e. The summed E-state index contributed by atoms with van der Waals surface area (Å²) in [5.74, 6) is 2.91. The van der Waals surface area contributed by atoms with Gasteiger partial charge in [0.25, 0.3) is 0 Å². The number of hydrogen-bond acceptors (Lipinski definition) is 6. The standard InChI is InChI=1S/C24H28O6.5C2H6/c1-7-27-18-9-15(8-17(26-6)13(18)2)22-16-10-20-21(29-12-28-20)11-19(16)30-24(4,5)23(22)14(3)25;5*1-2/h8-11,22-23H,7,12H2,1-6H3;5*1-2H3. The Labute approximate surface area is 245 Å². The van der Waals surface area contributed by atoms with Gasteiger partial charge in [0, 0.05) is 23.1 Å². The van der Waals surface area contributed by atoms with Crippen molar-refractivity contribution in [1.29, 1.82) is 0 Å². The van der Waals surface area contributed by atoms with Crippen molar-refractivity contribution in [3.8, 4) is 28.7 Å². The minimum atomic E-state index is -0.707. The lowest BCUT2D eigenvalue weighted by atomic mass is 9.69. The average molecular weight is 563 g/mol. The number of hydrogen-bond donors (Lipinski definition) is 0. The summed E-state index contributed by atoms with van der Waals surface area (Å²) in [6.45, 7) is 30.2. The lowest BCUT2D eigenvalue weighted by Crippen LogP contribution is -2.48. The highest BCUT2D eigenvalue weighted by atomic mass is 16.7. The topological polar surface area (TPSA) is 63.2 Å². The lowest BCUT2D eigenvalue weighted by molar-refractivity contribution is -0.128. The second-order valence-electron chi connectivity index (χ2n) is 8.29. The van der Waals surface area contributed by atoms with Crippen molar-refractivity contribution in [2.75, 3.05) is 20.5 Å². The largest absolute Gasteiger partial charge is 0.496 e. The molecule has 6 nitrogen and oxygen atoms in total. The van der Waals surface area contributed by atoms with Gasteiger partial charge in [-0.3, -0.25) is 4.79 Å². The molecular formula is C34H58O6. The van der Waals surface area contributed by atoms with Gasteiger partial charge in [-0.1, -0.05) is 69.2 Å². The molecule has 2 heterocycles. The summed E-state index contributed by atoms with van der Waals surface area (Å²) >= 11 is 0. The molecule has 0 spiro atoms. The van der Waals surface area contributed by atoms with E-state index in [0.29, 0.717) is 23.9 Å². The maximum atomic E-state index is 12.9. The molecule has 40 heavy (non-hydrogen) atoms. The zero-order chi connectivity index (χ0) is 31.6. The van der Waals surface area contributed by atoms with Crippen LogP contribution in [0.2, 0.25) is 0 Å². The van der Waals surface area contributed by atoms with Gasteiger partial charge in [0.2, 0.25) is 6.79 Å². The molecule has 2 aliphatic heterocycles. The Bertz CT molecular complexity index is 996. The van der Waals surface area contributed by atoms with Crippen LogP contribution in [0.4, 0.5) is 0 Å². The first-order chi connectivity index (χ1) is 19.3. The number of carbonyl (C=O) groups is 1. The Hall–Kier alpha value is -2.89. The first-order valence-corrected chi connectivity index (χ1v) is 15.2. The number of methoxy groups -OCH3 is 1. The molecule has 0 saturated heterocycles. The third kappa shape index (κ3) is 9.07. The normalized spacial score (nSPS) is 16.4. The van der Waals surface area contributed by atoms with E-state index in [-0.39, 0.29) is 18.5 Å². The van der Waals surface area contributed by atoms with E-state index >= 15 is 0 Å². The Morgan fingerprint density at radius 3 is 1.82 bits per heavy atom. The van der Waals surface area contributed by atoms with Crippen molar-refractivity contribution >= 4 is 5.78 Å². The Morgan fingerprint density at radius 1 is 0.850 bits per heavy atom. The van der Waals surface area contributed by atoms with E-state index in [2.05, 4.69) is 0 Å². The molecule has 230 valence electrons. The fourth-order valence-electron chi connectivity index (χ4n) is 4.67. The van der Waals surface area contributed by atoms with Crippen LogP contribution < -0.4 is 23.7 Å². The smallest absolute Gasteiger partial charge is 0.231 e. The van der Waals surface area contributed by atoms with Gasteiger partial charge < -0.3 is 23.7 Å². The SMILES string of the molecule is CC.CC.CC.CC.CC.CCOc1cc(C2c3cc4c(cc3OC(C)(C)C2C(C)=O)OCO4)cc(OC)c1C. The van der Waals surface area contributed by atoms with Crippen LogP contribution in [0.3, 0.4) is 0 Å². The van der Waals surface area contributed by atoms with Gasteiger partial charge in [0.15, 0.2) is 11.5 Å². The van der Waals surface area contributed by atoms with Crippen molar-refractivity contribution in [2.45, 2.75) is 115 Å². The third-order valence-electron chi connectivity index (χ3n) is 5.95. The molecule has 4 rings (SSSR count). The maximum absolute atomic E-state index is 12.9. The van der Waals surface area contributed by atoms with E-state index in [1.807, 2.05) is 121 Å². The van der Waals surface area contributed by atoms with Crippen molar-refractivity contribution < 1.29 is 28.5 Å². The predicted octanol–water partition coefficient (Wildman–Crippen LogP) is 9.77. The fourth-order valence-corrected chi connectivity index (χ4v) is 4.67. The number of ether oxygens (including phenoxy) is 5. The van der Waals surface area contributed by atoms with Crippen LogP contribution >= 0.6 is 0 Å². The molecule has 0 saturated carbocycles. The van der Waals surface area contributed by atoms with Crippen LogP contribution in [0.15, 0.2) is 24.3 Å². The van der Waals surface area contributed by atoms with E-state index in [1.54, 1.807) is 14.0 Å². The average Bonchev–Trinajstić information content (AvgIpc) is 3.44. The zero-order valence-corrected chi connectivity index (χ0v) is 28.3. The summed E-state index contributed by atoms with van der Waals surface area (Å²) in [5.41, 5.74) is 2.06. The molecule has 0 N–H and O–H groups in total. The second kappa shape index (κ2) is 20.1. The van der Waals surface area contributed by atoms with E-state index in [9.17, 15) is 4.79 Å². The molecule has 0 radical (unpaired) electrons. The van der Waals surface area contributed by atoms with Gasteiger partial charge in [0.1, 0.15) is 28.6 Å². The molecule has 0 aliphatic carbocycles. The van der Waals surface area contributed by atoms with Crippen LogP contribution in [-0.4, -0.2) is 31.9 Å². The lowest BCUT2D eigenvalue weighted by Gasteiger charge is -2.44. The molecule has 2 atom stereocenters. The van der Waals surface area contributed by atoms with Gasteiger partial charge in [-0.05, 0) is 58.4 Å². The number of rotatable bonds is 5. The number of ketones is 1. The highest BCUT2D eigenvalue weighted by Gasteiger charge is 2.48. The van der Waals surface area contributed by atoms with Crippen LogP contribution in [0.1, 0.15) is 120 Å². The van der Waals surface area contributed by atoms with Crippen LogP contribution in [0.5, 0.6) is 28.7 Å². The molecule has 0 bridgehead atoms. The Kier molecular flexibility index (Phi) is 19.7.